The third-order valence-corrected chi connectivity index (χ3v) is 6.73. The second-order valence-corrected chi connectivity index (χ2v) is 8.96. The van der Waals surface area contributed by atoms with Crippen LogP contribution in [0.3, 0.4) is 0 Å². The number of thioether (sulfide) groups is 1. The Balaban J connectivity index is 1.58. The van der Waals surface area contributed by atoms with Crippen molar-refractivity contribution in [3.8, 4) is 16.5 Å². The van der Waals surface area contributed by atoms with Crippen molar-refractivity contribution in [2.24, 2.45) is 0 Å². The van der Waals surface area contributed by atoms with Crippen LogP contribution in [0, 0.1) is 13.8 Å². The molecule has 0 unspecified atom stereocenters. The molecule has 0 saturated heterocycles. The predicted molar refractivity (Wildman–Crippen MR) is 124 cm³/mol. The van der Waals surface area contributed by atoms with E-state index in [9.17, 15) is 4.79 Å². The number of thiophene rings is 1. The van der Waals surface area contributed by atoms with Gasteiger partial charge in [0.05, 0.1) is 27.2 Å². The summed E-state index contributed by atoms with van der Waals surface area (Å²) < 4.78 is 7.10. The molecule has 3 aromatic heterocycles. The minimum atomic E-state index is -0.0853. The third-order valence-electron chi connectivity index (χ3n) is 4.94. The van der Waals surface area contributed by atoms with Gasteiger partial charge in [0.1, 0.15) is 0 Å². The Morgan fingerprint density at radius 2 is 1.81 bits per heavy atom. The van der Waals surface area contributed by atoms with Crippen molar-refractivity contribution >= 4 is 34.0 Å². The van der Waals surface area contributed by atoms with Crippen LogP contribution >= 0.6 is 23.1 Å². The van der Waals surface area contributed by atoms with Gasteiger partial charge in [0.25, 0.3) is 11.4 Å². The molecular weight excluding hydrogens is 428 g/mol. The van der Waals surface area contributed by atoms with E-state index in [1.54, 1.807) is 15.9 Å². The first-order chi connectivity index (χ1) is 15.1. The average Bonchev–Trinajstić information content (AvgIpc) is 3.46. The van der Waals surface area contributed by atoms with E-state index in [1.807, 2.05) is 73.8 Å². The van der Waals surface area contributed by atoms with Crippen LogP contribution in [0.4, 0.5) is 0 Å². The van der Waals surface area contributed by atoms with Crippen molar-refractivity contribution < 1.29 is 4.52 Å². The number of hydrogen-bond acceptors (Lipinski definition) is 7. The molecule has 3 heterocycles. The molecule has 0 spiro atoms. The zero-order valence-electron chi connectivity index (χ0n) is 16.9. The monoisotopic (exact) mass is 446 g/mol. The number of fused-ring (bicyclic) bond motifs is 1. The maximum Gasteiger partial charge on any atom is 0.268 e. The lowest BCUT2D eigenvalue weighted by atomic mass is 10.1. The second-order valence-electron chi connectivity index (χ2n) is 7.07. The molecule has 0 aliphatic carbocycles. The molecule has 6 nitrogen and oxygen atoms in total. The van der Waals surface area contributed by atoms with Crippen LogP contribution in [0.15, 0.2) is 74.5 Å². The van der Waals surface area contributed by atoms with Gasteiger partial charge in [0.15, 0.2) is 11.0 Å². The number of aromatic nitrogens is 4. The molecule has 5 rings (SSSR count). The summed E-state index contributed by atoms with van der Waals surface area (Å²) >= 11 is 2.97. The van der Waals surface area contributed by atoms with Gasteiger partial charge in [0, 0.05) is 0 Å². The van der Waals surface area contributed by atoms with Gasteiger partial charge < -0.3 is 4.52 Å². The summed E-state index contributed by atoms with van der Waals surface area (Å²) in [7, 11) is 0. The van der Waals surface area contributed by atoms with Gasteiger partial charge in [0.2, 0.25) is 0 Å². The van der Waals surface area contributed by atoms with Crippen LogP contribution in [-0.4, -0.2) is 19.7 Å². The Kier molecular flexibility index (Phi) is 5.17. The molecule has 0 atom stereocenters. The molecule has 31 heavy (non-hydrogen) atoms. The summed E-state index contributed by atoms with van der Waals surface area (Å²) in [6.45, 7) is 4.01. The molecule has 2 aromatic carbocycles. The number of aryl methyl sites for hydroxylation is 2. The Hall–Kier alpha value is -3.23. The maximum atomic E-state index is 13.5. The van der Waals surface area contributed by atoms with Crippen molar-refractivity contribution in [2.45, 2.75) is 24.8 Å². The lowest BCUT2D eigenvalue weighted by molar-refractivity contribution is 0.426. The Morgan fingerprint density at radius 3 is 2.58 bits per heavy atom. The van der Waals surface area contributed by atoms with E-state index in [4.69, 9.17) is 9.51 Å². The van der Waals surface area contributed by atoms with Crippen LogP contribution in [0.25, 0.3) is 27.4 Å². The van der Waals surface area contributed by atoms with Gasteiger partial charge in [-0.05, 0) is 48.6 Å². The number of para-hydroxylation sites is 2. The van der Waals surface area contributed by atoms with E-state index in [0.29, 0.717) is 33.5 Å². The molecular formula is C23H18N4O2S2. The summed E-state index contributed by atoms with van der Waals surface area (Å²) in [5.74, 6) is 1.50. The second kappa shape index (κ2) is 8.13. The van der Waals surface area contributed by atoms with Crippen molar-refractivity contribution in [2.75, 3.05) is 0 Å². The molecule has 0 saturated carbocycles. The van der Waals surface area contributed by atoms with Crippen molar-refractivity contribution in [3.63, 3.8) is 0 Å². The van der Waals surface area contributed by atoms with Gasteiger partial charge in [-0.15, -0.1) is 11.3 Å². The van der Waals surface area contributed by atoms with E-state index < -0.39 is 0 Å². The zero-order chi connectivity index (χ0) is 21.4. The standard InChI is InChI=1S/C23H18N4O2S2/c1-14-7-5-8-15(2)20(14)27-22(28)16-9-3-4-10-17(16)24-23(27)31-13-19-25-21(29-26-19)18-11-6-12-30-18/h3-12H,13H2,1-2H3. The zero-order valence-corrected chi connectivity index (χ0v) is 18.5. The quantitative estimate of drug-likeness (QED) is 0.266. The molecule has 0 fully saturated rings. The predicted octanol–water partition coefficient (Wildman–Crippen LogP) is 5.41. The van der Waals surface area contributed by atoms with E-state index in [-0.39, 0.29) is 5.56 Å². The topological polar surface area (TPSA) is 73.8 Å². The molecule has 0 N–H and O–H groups in total. The minimum Gasteiger partial charge on any atom is -0.333 e. The molecule has 0 bridgehead atoms. The fraction of sp³-hybridized carbons (Fsp3) is 0.130. The number of nitrogens with zero attached hydrogens (tertiary/aromatic N) is 4. The largest absolute Gasteiger partial charge is 0.333 e. The Labute approximate surface area is 186 Å². The van der Waals surface area contributed by atoms with Gasteiger partial charge in [-0.25, -0.2) is 4.98 Å². The highest BCUT2D eigenvalue weighted by molar-refractivity contribution is 7.98. The van der Waals surface area contributed by atoms with Crippen LogP contribution in [-0.2, 0) is 5.75 Å². The van der Waals surface area contributed by atoms with E-state index in [1.165, 1.54) is 11.8 Å². The van der Waals surface area contributed by atoms with Crippen molar-refractivity contribution in [3.05, 3.63) is 87.3 Å². The minimum absolute atomic E-state index is 0.0853. The van der Waals surface area contributed by atoms with Gasteiger partial charge in [-0.2, -0.15) is 4.98 Å². The summed E-state index contributed by atoms with van der Waals surface area (Å²) in [6, 6.07) is 17.3. The Morgan fingerprint density at radius 1 is 1.00 bits per heavy atom. The molecule has 0 aliphatic heterocycles. The summed E-state index contributed by atoms with van der Waals surface area (Å²) in [5, 5.41) is 7.25. The SMILES string of the molecule is Cc1cccc(C)c1-n1c(SCc2noc(-c3cccs3)n2)nc2ccccc2c1=O. The summed E-state index contributed by atoms with van der Waals surface area (Å²) in [4.78, 5) is 23.7. The fourth-order valence-electron chi connectivity index (χ4n) is 3.51. The fourth-order valence-corrected chi connectivity index (χ4v) is 4.99. The first-order valence-electron chi connectivity index (χ1n) is 9.69. The van der Waals surface area contributed by atoms with Crippen molar-refractivity contribution in [1.82, 2.24) is 19.7 Å². The first-order valence-corrected chi connectivity index (χ1v) is 11.6. The lowest BCUT2D eigenvalue weighted by Crippen LogP contribution is -2.23. The van der Waals surface area contributed by atoms with Gasteiger partial charge in [-0.1, -0.05) is 53.3 Å². The highest BCUT2D eigenvalue weighted by Gasteiger charge is 2.18. The van der Waals surface area contributed by atoms with E-state index >= 15 is 0 Å². The van der Waals surface area contributed by atoms with Gasteiger partial charge in [-0.3, -0.25) is 9.36 Å². The summed E-state index contributed by atoms with van der Waals surface area (Å²) in [5.41, 5.74) is 3.48. The van der Waals surface area contributed by atoms with Crippen LogP contribution in [0.2, 0.25) is 0 Å². The molecule has 154 valence electrons. The number of hydrogen-bond donors (Lipinski definition) is 0. The lowest BCUT2D eigenvalue weighted by Gasteiger charge is -2.16. The first kappa shape index (κ1) is 19.7. The molecule has 0 radical (unpaired) electrons. The molecule has 8 heteroatoms. The maximum absolute atomic E-state index is 13.5. The van der Waals surface area contributed by atoms with Crippen LogP contribution in [0.5, 0.6) is 0 Å². The molecule has 5 aromatic rings. The average molecular weight is 447 g/mol. The third kappa shape index (κ3) is 3.68. The van der Waals surface area contributed by atoms with E-state index in [0.717, 1.165) is 21.7 Å². The highest BCUT2D eigenvalue weighted by atomic mass is 32.2. The van der Waals surface area contributed by atoms with Gasteiger partial charge >= 0.3 is 0 Å². The normalized spacial score (nSPS) is 11.3. The van der Waals surface area contributed by atoms with E-state index in [2.05, 4.69) is 10.1 Å². The number of rotatable bonds is 5. The molecule has 0 amide bonds. The Bertz CT molecular complexity index is 1420. The smallest absolute Gasteiger partial charge is 0.268 e. The van der Waals surface area contributed by atoms with Crippen LogP contribution in [0.1, 0.15) is 17.0 Å². The van der Waals surface area contributed by atoms with Crippen molar-refractivity contribution in [1.29, 1.82) is 0 Å². The highest BCUT2D eigenvalue weighted by Crippen LogP contribution is 2.28. The van der Waals surface area contributed by atoms with Crippen LogP contribution < -0.4 is 5.56 Å². The number of benzene rings is 2. The molecule has 0 aliphatic rings. The summed E-state index contributed by atoms with van der Waals surface area (Å²) in [6.07, 6.45) is 0.